The fourth-order valence-electron chi connectivity index (χ4n) is 2.32. The van der Waals surface area contributed by atoms with E-state index in [1.807, 2.05) is 0 Å². The fraction of sp³-hybridized carbons (Fsp3) is 0.0526. The van der Waals surface area contributed by atoms with E-state index in [0.717, 1.165) is 0 Å². The van der Waals surface area contributed by atoms with Crippen LogP contribution in [0, 0.1) is 6.92 Å². The predicted octanol–water partition coefficient (Wildman–Crippen LogP) is 3.32. The van der Waals surface area contributed by atoms with Gasteiger partial charge in [0.15, 0.2) is 0 Å². The molecule has 0 atom stereocenters. The summed E-state index contributed by atoms with van der Waals surface area (Å²) in [5.41, 5.74) is 4.01. The lowest BCUT2D eigenvalue weighted by molar-refractivity contribution is 1.51. The Labute approximate surface area is 122 Å². The lowest BCUT2D eigenvalue weighted by Gasteiger charge is -2.10. The summed E-state index contributed by atoms with van der Waals surface area (Å²) >= 11 is 0. The standard InChI is InChI=1S/C19H16Si/c1-15-9-5-7-13-18(15)20-19-14-8-6-12-17(19)16-10-3-2-4-11-16/h2-14H,1H3. The van der Waals surface area contributed by atoms with Crippen molar-refractivity contribution < 1.29 is 0 Å². The Hall–Kier alpha value is -2.12. The van der Waals surface area contributed by atoms with Crippen molar-refractivity contribution in [2.45, 2.75) is 6.92 Å². The van der Waals surface area contributed by atoms with E-state index in [4.69, 9.17) is 0 Å². The molecular weight excluding hydrogens is 256 g/mol. The number of aryl methyl sites for hydroxylation is 1. The highest BCUT2D eigenvalue weighted by Crippen LogP contribution is 2.16. The highest BCUT2D eigenvalue weighted by atomic mass is 28.2. The van der Waals surface area contributed by atoms with Crippen LogP contribution in [0.15, 0.2) is 78.9 Å². The molecule has 0 aliphatic rings. The average molecular weight is 272 g/mol. The summed E-state index contributed by atoms with van der Waals surface area (Å²) in [6, 6.07) is 28.0. The Morgan fingerprint density at radius 1 is 0.600 bits per heavy atom. The minimum absolute atomic E-state index is 0.700. The first-order chi connectivity index (χ1) is 9.84. The van der Waals surface area contributed by atoms with Crippen LogP contribution in [0.2, 0.25) is 0 Å². The minimum Gasteiger partial charge on any atom is -0.0628 e. The molecule has 1 heteroatoms. The van der Waals surface area contributed by atoms with Crippen LogP contribution in [0.5, 0.6) is 0 Å². The van der Waals surface area contributed by atoms with Gasteiger partial charge in [0.2, 0.25) is 0 Å². The van der Waals surface area contributed by atoms with E-state index in [1.165, 1.54) is 27.1 Å². The molecule has 3 rings (SSSR count). The molecule has 0 unspecified atom stereocenters. The third-order valence-electron chi connectivity index (χ3n) is 3.43. The van der Waals surface area contributed by atoms with Crippen LogP contribution < -0.4 is 10.4 Å². The van der Waals surface area contributed by atoms with Crippen LogP contribution in [-0.2, 0) is 0 Å². The van der Waals surface area contributed by atoms with Crippen LogP contribution in [0.1, 0.15) is 5.56 Å². The molecule has 0 heterocycles. The second-order valence-corrected chi connectivity index (χ2v) is 6.18. The molecule has 3 aromatic rings. The van der Waals surface area contributed by atoms with Crippen LogP contribution in [-0.4, -0.2) is 9.52 Å². The zero-order chi connectivity index (χ0) is 13.8. The second kappa shape index (κ2) is 5.89. The molecule has 2 radical (unpaired) electrons. The first-order valence-electron chi connectivity index (χ1n) is 6.82. The van der Waals surface area contributed by atoms with Gasteiger partial charge in [0.1, 0.15) is 9.52 Å². The van der Waals surface area contributed by atoms with E-state index in [0.29, 0.717) is 9.52 Å². The first-order valence-corrected chi connectivity index (χ1v) is 7.82. The number of benzene rings is 3. The van der Waals surface area contributed by atoms with Crippen molar-refractivity contribution in [2.24, 2.45) is 0 Å². The van der Waals surface area contributed by atoms with Gasteiger partial charge in [-0.3, -0.25) is 0 Å². The summed E-state index contributed by atoms with van der Waals surface area (Å²) in [5, 5.41) is 2.84. The number of rotatable bonds is 3. The predicted molar refractivity (Wildman–Crippen MR) is 88.1 cm³/mol. The third kappa shape index (κ3) is 2.73. The van der Waals surface area contributed by atoms with Crippen molar-refractivity contribution in [1.29, 1.82) is 0 Å². The van der Waals surface area contributed by atoms with Crippen molar-refractivity contribution in [3.05, 3.63) is 84.4 Å². The molecule has 0 saturated carbocycles. The topological polar surface area (TPSA) is 0 Å². The van der Waals surface area contributed by atoms with E-state index < -0.39 is 0 Å². The molecule has 0 bridgehead atoms. The van der Waals surface area contributed by atoms with E-state index in [1.54, 1.807) is 0 Å². The van der Waals surface area contributed by atoms with Crippen molar-refractivity contribution in [1.82, 2.24) is 0 Å². The Bertz CT molecular complexity index is 702. The average Bonchev–Trinajstić information content (AvgIpc) is 2.51. The highest BCUT2D eigenvalue weighted by molar-refractivity contribution is 6.69. The van der Waals surface area contributed by atoms with Crippen LogP contribution in [0.25, 0.3) is 11.1 Å². The lowest BCUT2D eigenvalue weighted by atomic mass is 10.1. The van der Waals surface area contributed by atoms with Gasteiger partial charge < -0.3 is 0 Å². The summed E-state index contributed by atoms with van der Waals surface area (Å²) in [5.74, 6) is 0. The largest absolute Gasteiger partial charge is 0.122 e. The quantitative estimate of drug-likeness (QED) is 0.642. The molecule has 0 aromatic heterocycles. The van der Waals surface area contributed by atoms with Gasteiger partial charge in [-0.15, -0.1) is 0 Å². The molecule has 0 saturated heterocycles. The number of hydrogen-bond acceptors (Lipinski definition) is 0. The maximum absolute atomic E-state index is 2.24. The van der Waals surface area contributed by atoms with E-state index in [2.05, 4.69) is 85.8 Å². The number of hydrogen-bond donors (Lipinski definition) is 0. The first kappa shape index (κ1) is 12.9. The van der Waals surface area contributed by atoms with Crippen LogP contribution in [0.4, 0.5) is 0 Å². The van der Waals surface area contributed by atoms with Crippen LogP contribution >= 0.6 is 0 Å². The highest BCUT2D eigenvalue weighted by Gasteiger charge is 2.07. The molecular formula is C19H16Si. The molecule has 96 valence electrons. The van der Waals surface area contributed by atoms with Crippen molar-refractivity contribution >= 4 is 19.9 Å². The SMILES string of the molecule is Cc1ccccc1[Si]c1ccccc1-c1ccccc1. The lowest BCUT2D eigenvalue weighted by Crippen LogP contribution is -2.30. The molecule has 3 aromatic carbocycles. The smallest absolute Gasteiger partial charge is 0.0628 e. The van der Waals surface area contributed by atoms with Gasteiger partial charge in [0, 0.05) is 0 Å². The summed E-state index contributed by atoms with van der Waals surface area (Å²) in [6.45, 7) is 2.19. The molecule has 20 heavy (non-hydrogen) atoms. The van der Waals surface area contributed by atoms with Gasteiger partial charge in [-0.25, -0.2) is 0 Å². The van der Waals surface area contributed by atoms with Gasteiger partial charge in [-0.05, 0) is 18.1 Å². The molecule has 0 aliphatic carbocycles. The Kier molecular flexibility index (Phi) is 3.80. The fourth-order valence-corrected chi connectivity index (χ4v) is 3.61. The van der Waals surface area contributed by atoms with E-state index in [9.17, 15) is 0 Å². The minimum atomic E-state index is 0.700. The van der Waals surface area contributed by atoms with E-state index >= 15 is 0 Å². The van der Waals surface area contributed by atoms with Crippen molar-refractivity contribution in [2.75, 3.05) is 0 Å². The Morgan fingerprint density at radius 3 is 1.95 bits per heavy atom. The summed E-state index contributed by atoms with van der Waals surface area (Å²) in [7, 11) is 0.700. The zero-order valence-electron chi connectivity index (χ0n) is 11.5. The normalized spacial score (nSPS) is 10.4. The Balaban J connectivity index is 2.01. The van der Waals surface area contributed by atoms with Gasteiger partial charge >= 0.3 is 0 Å². The van der Waals surface area contributed by atoms with Gasteiger partial charge in [0.25, 0.3) is 0 Å². The van der Waals surface area contributed by atoms with Crippen molar-refractivity contribution in [3.63, 3.8) is 0 Å². The molecule has 0 N–H and O–H groups in total. The molecule has 0 nitrogen and oxygen atoms in total. The zero-order valence-corrected chi connectivity index (χ0v) is 12.5. The summed E-state index contributed by atoms with van der Waals surface area (Å²) in [6.07, 6.45) is 0. The van der Waals surface area contributed by atoms with Gasteiger partial charge in [-0.2, -0.15) is 0 Å². The molecule has 0 spiro atoms. The summed E-state index contributed by atoms with van der Waals surface area (Å²) in [4.78, 5) is 0. The van der Waals surface area contributed by atoms with Crippen molar-refractivity contribution in [3.8, 4) is 11.1 Å². The third-order valence-corrected chi connectivity index (χ3v) is 4.96. The van der Waals surface area contributed by atoms with E-state index in [-0.39, 0.29) is 0 Å². The monoisotopic (exact) mass is 272 g/mol. The maximum Gasteiger partial charge on any atom is 0.122 e. The Morgan fingerprint density at radius 2 is 1.20 bits per heavy atom. The summed E-state index contributed by atoms with van der Waals surface area (Å²) < 4.78 is 0. The van der Waals surface area contributed by atoms with Crippen LogP contribution in [0.3, 0.4) is 0 Å². The van der Waals surface area contributed by atoms with Gasteiger partial charge in [-0.1, -0.05) is 94.8 Å². The maximum atomic E-state index is 2.24. The molecule has 0 fully saturated rings. The molecule has 0 amide bonds. The second-order valence-electron chi connectivity index (χ2n) is 4.85. The van der Waals surface area contributed by atoms with Gasteiger partial charge in [0.05, 0.1) is 0 Å². The molecule has 0 aliphatic heterocycles.